The van der Waals surface area contributed by atoms with E-state index in [4.69, 9.17) is 5.11 Å². The van der Waals surface area contributed by atoms with Crippen molar-refractivity contribution in [1.29, 1.82) is 0 Å². The number of rotatable bonds is 5. The van der Waals surface area contributed by atoms with Crippen molar-refractivity contribution in [2.24, 2.45) is 0 Å². The molecule has 2 unspecified atom stereocenters. The summed E-state index contributed by atoms with van der Waals surface area (Å²) in [6, 6.07) is 0. The molecule has 0 saturated carbocycles. The summed E-state index contributed by atoms with van der Waals surface area (Å²) in [7, 11) is -4.64. The minimum Gasteiger partial charge on any atom is -0.726 e. The van der Waals surface area contributed by atoms with Crippen molar-refractivity contribution >= 4 is 10.4 Å². The Morgan fingerprint density at radius 2 is 2.08 bits per heavy atom. The molecule has 0 radical (unpaired) electrons. The molecule has 0 aromatic carbocycles. The third-order valence-corrected chi connectivity index (χ3v) is 1.92. The van der Waals surface area contributed by atoms with Crippen LogP contribution in [0.15, 0.2) is 0 Å². The van der Waals surface area contributed by atoms with E-state index in [1.807, 2.05) is 0 Å². The molecule has 0 amide bonds. The van der Waals surface area contributed by atoms with Crippen LogP contribution in [0.2, 0.25) is 0 Å². The summed E-state index contributed by atoms with van der Waals surface area (Å²) in [6.07, 6.45) is -0.728. The summed E-state index contributed by atoms with van der Waals surface area (Å²) in [4.78, 5) is 0. The first kappa shape index (κ1) is 11.8. The lowest BCUT2D eigenvalue weighted by Crippen LogP contribution is -2.20. The quantitative estimate of drug-likeness (QED) is 0.495. The Hall–Kier alpha value is -0.170. The topological polar surface area (TPSA) is 86.7 Å². The van der Waals surface area contributed by atoms with E-state index in [-0.39, 0.29) is 6.42 Å². The zero-order valence-electron chi connectivity index (χ0n) is 7.06. The summed E-state index contributed by atoms with van der Waals surface area (Å²) < 4.78 is 34.2. The highest BCUT2D eigenvalue weighted by Gasteiger charge is 2.11. The van der Waals surface area contributed by atoms with E-state index in [0.29, 0.717) is 6.42 Å². The molecule has 5 nitrogen and oxygen atoms in total. The maximum atomic E-state index is 10.1. The van der Waals surface area contributed by atoms with Crippen LogP contribution in [0.3, 0.4) is 0 Å². The highest BCUT2D eigenvalue weighted by molar-refractivity contribution is 7.80. The molecule has 0 heterocycles. The molecule has 0 aliphatic carbocycles. The van der Waals surface area contributed by atoms with Gasteiger partial charge >= 0.3 is 0 Å². The minimum absolute atomic E-state index is 0.151. The summed E-state index contributed by atoms with van der Waals surface area (Å²) in [5.41, 5.74) is 0. The number of hydrogen-bond acceptors (Lipinski definition) is 5. The second-order valence-corrected chi connectivity index (χ2v) is 3.62. The first-order valence-corrected chi connectivity index (χ1v) is 5.00. The molecule has 6 heteroatoms. The van der Waals surface area contributed by atoms with Crippen LogP contribution >= 0.6 is 0 Å². The van der Waals surface area contributed by atoms with Gasteiger partial charge in [0.15, 0.2) is 0 Å². The third kappa shape index (κ3) is 6.53. The van der Waals surface area contributed by atoms with Crippen molar-refractivity contribution in [2.45, 2.75) is 38.9 Å². The van der Waals surface area contributed by atoms with E-state index in [0.717, 1.165) is 0 Å². The van der Waals surface area contributed by atoms with Crippen molar-refractivity contribution in [3.63, 3.8) is 0 Å². The van der Waals surface area contributed by atoms with Gasteiger partial charge in [0.2, 0.25) is 10.4 Å². The van der Waals surface area contributed by atoms with Crippen LogP contribution in [-0.4, -0.2) is 30.3 Å². The predicted molar refractivity (Wildman–Crippen MR) is 41.2 cm³/mol. The molecule has 0 aliphatic heterocycles. The first-order valence-electron chi connectivity index (χ1n) is 3.67. The van der Waals surface area contributed by atoms with E-state index >= 15 is 0 Å². The fourth-order valence-corrected chi connectivity index (χ4v) is 1.27. The van der Waals surface area contributed by atoms with Gasteiger partial charge in [-0.15, -0.1) is 0 Å². The van der Waals surface area contributed by atoms with Gasteiger partial charge in [0.05, 0.1) is 12.2 Å². The smallest absolute Gasteiger partial charge is 0.217 e. The molecule has 0 aromatic heterocycles. The SMILES string of the molecule is CCC(O)CC(C)OS(=O)(=O)[O-]. The van der Waals surface area contributed by atoms with Gasteiger partial charge in [0, 0.05) is 6.42 Å². The second kappa shape index (κ2) is 4.76. The molecule has 0 saturated heterocycles. The Labute approximate surface area is 72.3 Å². The van der Waals surface area contributed by atoms with Gasteiger partial charge in [-0.25, -0.2) is 8.42 Å². The summed E-state index contributed by atoms with van der Waals surface area (Å²) in [5.74, 6) is 0. The third-order valence-electron chi connectivity index (χ3n) is 1.36. The Kier molecular flexibility index (Phi) is 4.69. The van der Waals surface area contributed by atoms with E-state index in [2.05, 4.69) is 4.18 Å². The van der Waals surface area contributed by atoms with E-state index in [9.17, 15) is 13.0 Å². The molecule has 74 valence electrons. The van der Waals surface area contributed by atoms with Crippen molar-refractivity contribution < 1.29 is 22.3 Å². The molecule has 0 aromatic rings. The van der Waals surface area contributed by atoms with E-state index in [1.54, 1.807) is 6.92 Å². The zero-order chi connectivity index (χ0) is 9.78. The Bertz CT molecular complexity index is 210. The number of hydrogen-bond donors (Lipinski definition) is 1. The lowest BCUT2D eigenvalue weighted by Gasteiger charge is -2.17. The second-order valence-electron chi connectivity index (χ2n) is 2.61. The Morgan fingerprint density at radius 1 is 1.58 bits per heavy atom. The fraction of sp³-hybridized carbons (Fsp3) is 1.00. The summed E-state index contributed by atoms with van der Waals surface area (Å²) in [6.45, 7) is 3.18. The molecule has 0 rings (SSSR count). The summed E-state index contributed by atoms with van der Waals surface area (Å²) >= 11 is 0. The molecule has 12 heavy (non-hydrogen) atoms. The van der Waals surface area contributed by atoms with Crippen molar-refractivity contribution in [2.75, 3.05) is 0 Å². The molecular formula is C6H13O5S-. The Balaban J connectivity index is 3.82. The monoisotopic (exact) mass is 197 g/mol. The fourth-order valence-electron chi connectivity index (χ4n) is 0.790. The maximum absolute atomic E-state index is 10.1. The largest absolute Gasteiger partial charge is 0.726 e. The van der Waals surface area contributed by atoms with Crippen LogP contribution < -0.4 is 0 Å². The zero-order valence-corrected chi connectivity index (χ0v) is 7.87. The highest BCUT2D eigenvalue weighted by atomic mass is 32.3. The van der Waals surface area contributed by atoms with Crippen LogP contribution in [0.5, 0.6) is 0 Å². The first-order chi connectivity index (χ1) is 5.35. The van der Waals surface area contributed by atoms with Gasteiger partial charge in [-0.1, -0.05) is 6.92 Å². The van der Waals surface area contributed by atoms with Crippen molar-refractivity contribution in [3.8, 4) is 0 Å². The summed E-state index contributed by atoms with van der Waals surface area (Å²) in [5, 5.41) is 9.05. The molecule has 2 atom stereocenters. The van der Waals surface area contributed by atoms with Crippen LogP contribution in [0.1, 0.15) is 26.7 Å². The van der Waals surface area contributed by atoms with Gasteiger partial charge in [-0.05, 0) is 13.3 Å². The molecule has 0 aliphatic rings. The average molecular weight is 197 g/mol. The van der Waals surface area contributed by atoms with Crippen LogP contribution in [0.4, 0.5) is 0 Å². The lowest BCUT2D eigenvalue weighted by atomic mass is 10.1. The minimum atomic E-state index is -4.64. The van der Waals surface area contributed by atoms with Gasteiger partial charge in [-0.2, -0.15) is 0 Å². The van der Waals surface area contributed by atoms with E-state index < -0.39 is 22.6 Å². The van der Waals surface area contributed by atoms with Crippen LogP contribution in [-0.2, 0) is 14.6 Å². The van der Waals surface area contributed by atoms with Crippen LogP contribution in [0.25, 0.3) is 0 Å². The van der Waals surface area contributed by atoms with Gasteiger partial charge in [0.25, 0.3) is 0 Å². The molecular weight excluding hydrogens is 184 g/mol. The number of aliphatic hydroxyl groups excluding tert-OH is 1. The standard InChI is InChI=1S/C6H14O5S/c1-3-6(7)4-5(2)11-12(8,9)10/h5-7H,3-4H2,1-2H3,(H,8,9,10)/p-1. The predicted octanol–water partition coefficient (Wildman–Crippen LogP) is 0.0127. The normalized spacial score (nSPS) is 17.3. The maximum Gasteiger partial charge on any atom is 0.217 e. The molecule has 0 bridgehead atoms. The van der Waals surface area contributed by atoms with Crippen molar-refractivity contribution in [3.05, 3.63) is 0 Å². The Morgan fingerprint density at radius 3 is 2.42 bits per heavy atom. The average Bonchev–Trinajstić information content (AvgIpc) is 1.82. The molecule has 1 N–H and O–H groups in total. The molecule has 0 fully saturated rings. The van der Waals surface area contributed by atoms with Gasteiger partial charge in [0.1, 0.15) is 0 Å². The lowest BCUT2D eigenvalue weighted by molar-refractivity contribution is 0.0959. The van der Waals surface area contributed by atoms with Crippen molar-refractivity contribution in [1.82, 2.24) is 0 Å². The molecule has 0 spiro atoms. The van der Waals surface area contributed by atoms with E-state index in [1.165, 1.54) is 6.92 Å². The number of aliphatic hydroxyl groups is 1. The van der Waals surface area contributed by atoms with Crippen LogP contribution in [0, 0.1) is 0 Å². The van der Waals surface area contributed by atoms with Gasteiger partial charge in [-0.3, -0.25) is 4.18 Å². The van der Waals surface area contributed by atoms with Gasteiger partial charge < -0.3 is 9.66 Å². The highest BCUT2D eigenvalue weighted by Crippen LogP contribution is 2.07.